The Labute approximate surface area is 217 Å². The van der Waals surface area contributed by atoms with Crippen molar-refractivity contribution in [3.05, 3.63) is 48.8 Å². The maximum absolute atomic E-state index is 12.4. The molecule has 0 bridgehead atoms. The summed E-state index contributed by atoms with van der Waals surface area (Å²) in [5.74, 6) is -4.29. The van der Waals surface area contributed by atoms with Gasteiger partial charge in [-0.3, -0.25) is 19.7 Å². The number of hydrogen-bond donors (Lipinski definition) is 2. The van der Waals surface area contributed by atoms with Gasteiger partial charge in [0, 0.05) is 44.1 Å². The quantitative estimate of drug-likeness (QED) is 0.528. The second kappa shape index (κ2) is 12.7. The predicted octanol–water partition coefficient (Wildman–Crippen LogP) is 2.36. The van der Waals surface area contributed by atoms with Crippen LogP contribution in [0, 0.1) is 5.92 Å². The average molecular weight is 567 g/mol. The number of nitrogens with zero attached hydrogens (tertiary/aromatic N) is 5. The van der Waals surface area contributed by atoms with Crippen LogP contribution in [0.5, 0.6) is 5.75 Å². The molecule has 1 atom stereocenters. The lowest BCUT2D eigenvalue weighted by atomic mass is 9.84. The van der Waals surface area contributed by atoms with Gasteiger partial charge in [-0.15, -0.1) is 0 Å². The summed E-state index contributed by atoms with van der Waals surface area (Å²) in [5, 5.41) is 14.2. The topological polar surface area (TPSA) is 146 Å². The first-order chi connectivity index (χ1) is 18.0. The number of hydrogen-bond acceptors (Lipinski definition) is 8. The second-order valence-corrected chi connectivity index (χ2v) is 8.53. The van der Waals surface area contributed by atoms with Crippen molar-refractivity contribution in [2.45, 2.75) is 24.3 Å². The zero-order valence-electron chi connectivity index (χ0n) is 20.2. The molecular weight excluding hydrogens is 544 g/mol. The third-order valence-corrected chi connectivity index (χ3v) is 5.66. The second-order valence-electron chi connectivity index (χ2n) is 8.53. The molecule has 2 aliphatic rings. The van der Waals surface area contributed by atoms with E-state index in [-0.39, 0.29) is 11.4 Å². The molecule has 2 saturated heterocycles. The van der Waals surface area contributed by atoms with E-state index >= 15 is 0 Å². The van der Waals surface area contributed by atoms with Crippen LogP contribution in [0.3, 0.4) is 0 Å². The van der Waals surface area contributed by atoms with Crippen molar-refractivity contribution in [1.29, 1.82) is 0 Å². The summed E-state index contributed by atoms with van der Waals surface area (Å²) >= 11 is 0. The number of ether oxygens (including phenoxy) is 1. The average Bonchev–Trinajstić information content (AvgIpc) is 3.18. The number of carboxylic acids is 2. The van der Waals surface area contributed by atoms with Gasteiger partial charge in [-0.25, -0.2) is 14.6 Å². The molecule has 4 rings (SSSR count). The fourth-order valence-electron chi connectivity index (χ4n) is 3.85. The van der Waals surface area contributed by atoms with Crippen LogP contribution in [-0.2, 0) is 9.59 Å². The summed E-state index contributed by atoms with van der Waals surface area (Å²) in [5.41, 5.74) is 0.482. The highest BCUT2D eigenvalue weighted by atomic mass is 19.4. The molecule has 0 radical (unpaired) electrons. The van der Waals surface area contributed by atoms with Crippen molar-refractivity contribution in [1.82, 2.24) is 24.8 Å². The van der Waals surface area contributed by atoms with Crippen molar-refractivity contribution in [2.24, 2.45) is 5.92 Å². The van der Waals surface area contributed by atoms with E-state index in [0.29, 0.717) is 18.2 Å². The van der Waals surface area contributed by atoms with E-state index in [9.17, 15) is 31.1 Å². The molecule has 0 saturated carbocycles. The van der Waals surface area contributed by atoms with E-state index in [4.69, 9.17) is 24.5 Å². The van der Waals surface area contributed by atoms with Crippen LogP contribution in [0.25, 0.3) is 0 Å². The minimum absolute atomic E-state index is 0.0396. The number of halogens is 6. The number of carboxylic acid groups (broad SMARTS) is 2. The fraction of sp³-hybridized carbons (Fsp3) is 0.455. The lowest BCUT2D eigenvalue weighted by Gasteiger charge is -2.51. The fourth-order valence-corrected chi connectivity index (χ4v) is 3.85. The van der Waals surface area contributed by atoms with Crippen LogP contribution in [0.15, 0.2) is 43.1 Å². The van der Waals surface area contributed by atoms with E-state index in [0.717, 1.165) is 31.8 Å². The third-order valence-electron chi connectivity index (χ3n) is 5.66. The van der Waals surface area contributed by atoms with Gasteiger partial charge in [-0.1, -0.05) is 0 Å². The monoisotopic (exact) mass is 567 g/mol. The molecule has 2 fully saturated rings. The van der Waals surface area contributed by atoms with E-state index in [1.54, 1.807) is 24.8 Å². The normalized spacial score (nSPS) is 18.1. The van der Waals surface area contributed by atoms with Gasteiger partial charge >= 0.3 is 24.3 Å². The number of alkyl halides is 6. The van der Waals surface area contributed by atoms with Crippen LogP contribution < -0.4 is 4.74 Å². The molecule has 0 aliphatic carbocycles. The Balaban J connectivity index is 0.000000317. The zero-order valence-corrected chi connectivity index (χ0v) is 20.2. The molecule has 214 valence electrons. The van der Waals surface area contributed by atoms with Gasteiger partial charge < -0.3 is 19.8 Å². The Morgan fingerprint density at radius 2 is 1.56 bits per heavy atom. The Morgan fingerprint density at radius 3 is 2.03 bits per heavy atom. The number of likely N-dealkylation sites (N-methyl/N-ethyl adjacent to an activating group) is 1. The maximum Gasteiger partial charge on any atom is 0.490 e. The minimum Gasteiger partial charge on any atom is -0.492 e. The number of carbonyl (C=O) groups excluding carboxylic acids is 1. The summed E-state index contributed by atoms with van der Waals surface area (Å²) in [6.07, 6.45) is -1.01. The Morgan fingerprint density at radius 1 is 1.00 bits per heavy atom. The molecule has 2 N–H and O–H groups in total. The largest absolute Gasteiger partial charge is 0.492 e. The van der Waals surface area contributed by atoms with Gasteiger partial charge in [0.05, 0.1) is 24.5 Å². The zero-order chi connectivity index (χ0) is 29.4. The Bertz CT molecular complexity index is 1090. The van der Waals surface area contributed by atoms with Gasteiger partial charge in [0.25, 0.3) is 5.91 Å². The number of rotatable bonds is 4. The third kappa shape index (κ3) is 9.05. The van der Waals surface area contributed by atoms with Crippen molar-refractivity contribution in [3.63, 3.8) is 0 Å². The van der Waals surface area contributed by atoms with Crippen LogP contribution in [0.1, 0.15) is 16.9 Å². The van der Waals surface area contributed by atoms with Crippen molar-refractivity contribution < 1.29 is 55.7 Å². The van der Waals surface area contributed by atoms with E-state index < -0.39 is 24.3 Å². The Hall–Kier alpha value is -4.02. The van der Waals surface area contributed by atoms with Gasteiger partial charge in [-0.05, 0) is 25.6 Å². The van der Waals surface area contributed by atoms with Crippen LogP contribution in [0.4, 0.5) is 26.3 Å². The summed E-state index contributed by atoms with van der Waals surface area (Å²) in [6, 6.07) is 3.80. The highest BCUT2D eigenvalue weighted by Crippen LogP contribution is 2.40. The molecule has 4 heterocycles. The number of aromatic nitrogens is 3. The molecule has 39 heavy (non-hydrogen) atoms. The first-order valence-electron chi connectivity index (χ1n) is 10.9. The summed E-state index contributed by atoms with van der Waals surface area (Å²) in [4.78, 5) is 46.6. The summed E-state index contributed by atoms with van der Waals surface area (Å²) in [7, 11) is 2.13. The standard InChI is InChI=1S/C18H21N5O2.2C2HF3O2/c1-22-10-14(11-25-15-3-2-4-19-8-15)7-18(22)12-23(13-18)17(24)16-9-20-5-6-21-16;2*3-2(4,5)1(6)7/h2-6,8-9,14H,7,10-13H2,1H3;2*(H,6,7). The number of carbonyl (C=O) groups is 3. The first kappa shape index (κ1) is 31.2. The van der Waals surface area contributed by atoms with Crippen molar-refractivity contribution in [2.75, 3.05) is 33.3 Å². The van der Waals surface area contributed by atoms with Crippen LogP contribution in [-0.4, -0.2) is 104 Å². The molecule has 2 aromatic heterocycles. The SMILES string of the molecule is CN1CC(COc2cccnc2)CC12CN(C(=O)c1cnccn1)C2.O=C(O)C(F)(F)F.O=C(O)C(F)(F)F. The predicted molar refractivity (Wildman–Crippen MR) is 119 cm³/mol. The number of likely N-dealkylation sites (tertiary alicyclic amines) is 2. The molecule has 1 spiro atoms. The lowest BCUT2D eigenvalue weighted by molar-refractivity contribution is -0.193. The minimum atomic E-state index is -5.08. The molecule has 0 aromatic carbocycles. The van der Waals surface area contributed by atoms with E-state index in [2.05, 4.69) is 26.9 Å². The van der Waals surface area contributed by atoms with Crippen molar-refractivity contribution in [3.8, 4) is 5.75 Å². The van der Waals surface area contributed by atoms with E-state index in [1.165, 1.54) is 6.20 Å². The van der Waals surface area contributed by atoms with Gasteiger partial charge in [-0.2, -0.15) is 26.3 Å². The van der Waals surface area contributed by atoms with Gasteiger partial charge in [0.2, 0.25) is 0 Å². The van der Waals surface area contributed by atoms with Gasteiger partial charge in [0.1, 0.15) is 11.4 Å². The first-order valence-corrected chi connectivity index (χ1v) is 10.9. The van der Waals surface area contributed by atoms with E-state index in [1.807, 2.05) is 17.0 Å². The maximum atomic E-state index is 12.4. The summed E-state index contributed by atoms with van der Waals surface area (Å²) in [6.45, 7) is 3.13. The molecule has 2 aliphatic heterocycles. The number of amides is 1. The molecule has 11 nitrogen and oxygen atoms in total. The van der Waals surface area contributed by atoms with Crippen molar-refractivity contribution >= 4 is 17.8 Å². The van der Waals surface area contributed by atoms with Gasteiger partial charge in [0.15, 0.2) is 0 Å². The molecular formula is C22H23F6N5O6. The highest BCUT2D eigenvalue weighted by Gasteiger charge is 2.53. The van der Waals surface area contributed by atoms with Crippen LogP contribution >= 0.6 is 0 Å². The highest BCUT2D eigenvalue weighted by molar-refractivity contribution is 5.92. The molecule has 1 unspecified atom stereocenters. The Kier molecular flexibility index (Phi) is 10.1. The number of pyridine rings is 1. The van der Waals surface area contributed by atoms with Crippen LogP contribution in [0.2, 0.25) is 0 Å². The summed E-state index contributed by atoms with van der Waals surface area (Å²) < 4.78 is 69.3. The lowest BCUT2D eigenvalue weighted by Crippen LogP contribution is -2.68. The smallest absolute Gasteiger partial charge is 0.490 e. The molecule has 2 aromatic rings. The molecule has 1 amide bonds. The number of aliphatic carboxylic acids is 2. The molecule has 17 heteroatoms.